The Morgan fingerprint density at radius 2 is 1.76 bits per heavy atom. The van der Waals surface area contributed by atoms with E-state index in [4.69, 9.17) is 14.2 Å². The highest BCUT2D eigenvalue weighted by molar-refractivity contribution is 5.85. The molecule has 12 nitrogen and oxygen atoms in total. The van der Waals surface area contributed by atoms with Crippen LogP contribution in [0.2, 0.25) is 0 Å². The topological polar surface area (TPSA) is 207 Å². The number of aliphatic hydroxyl groups excluding tert-OH is 6. The Labute approximate surface area is 238 Å². The number of esters is 1. The molecule has 12 heteroatoms. The van der Waals surface area contributed by atoms with Gasteiger partial charge in [0, 0.05) is 30.3 Å². The Hall–Kier alpha value is -1.19. The fourth-order valence-corrected chi connectivity index (χ4v) is 10.1. The summed E-state index contributed by atoms with van der Waals surface area (Å²) in [5.74, 6) is -1.93. The molecule has 0 bridgehead atoms. The number of fused-ring (bicyclic) bond motifs is 5. The van der Waals surface area contributed by atoms with Crippen molar-refractivity contribution in [2.24, 2.45) is 28.6 Å². The molecule has 0 spiro atoms. The van der Waals surface area contributed by atoms with Crippen molar-refractivity contribution >= 4 is 5.97 Å². The standard InChI is InChI=1S/C29H44O12/c1-13-22(34)23(35)24(36)25(40-13)41-15-8-19(32)28(12-30)21-17(3-5-27(28,37)9-15)29(38)6-4-16(14-7-20(33)39-11-14)26(29,2)10-18(21)31/h7,13,15-19,21-25,30-32,34-38H,3-6,8-12H2,1-2H3/t13-,15-,16+,17+,18+,19+,21+,22-,23-,24+,25?,26+,27-,28+,29-/m0/s1. The lowest BCUT2D eigenvalue weighted by molar-refractivity contribution is -0.342. The number of ether oxygens (including phenoxy) is 3. The predicted molar refractivity (Wildman–Crippen MR) is 139 cm³/mol. The number of carbonyl (C=O) groups excluding carboxylic acids is 1. The third kappa shape index (κ3) is 3.99. The molecule has 8 N–H and O–H groups in total. The van der Waals surface area contributed by atoms with E-state index in [1.54, 1.807) is 0 Å². The van der Waals surface area contributed by atoms with Gasteiger partial charge in [0.15, 0.2) is 6.29 Å². The molecule has 15 atom stereocenters. The van der Waals surface area contributed by atoms with Crippen LogP contribution in [0, 0.1) is 28.6 Å². The van der Waals surface area contributed by atoms with Crippen molar-refractivity contribution in [1.82, 2.24) is 0 Å². The van der Waals surface area contributed by atoms with Crippen LogP contribution in [0.5, 0.6) is 0 Å². The first-order chi connectivity index (χ1) is 19.2. The van der Waals surface area contributed by atoms with Gasteiger partial charge in [-0.3, -0.25) is 0 Å². The first kappa shape index (κ1) is 29.9. The van der Waals surface area contributed by atoms with Crippen LogP contribution in [-0.2, 0) is 19.0 Å². The van der Waals surface area contributed by atoms with Crippen LogP contribution in [0.4, 0.5) is 0 Å². The number of aliphatic hydroxyl groups is 8. The smallest absolute Gasteiger partial charge is 0.331 e. The van der Waals surface area contributed by atoms with Gasteiger partial charge in [-0.15, -0.1) is 0 Å². The van der Waals surface area contributed by atoms with E-state index in [2.05, 4.69) is 0 Å². The fourth-order valence-electron chi connectivity index (χ4n) is 10.1. The number of hydrogen-bond donors (Lipinski definition) is 8. The van der Waals surface area contributed by atoms with Crippen LogP contribution in [0.3, 0.4) is 0 Å². The van der Waals surface area contributed by atoms with Gasteiger partial charge in [-0.1, -0.05) is 6.92 Å². The van der Waals surface area contributed by atoms with E-state index in [0.29, 0.717) is 19.3 Å². The molecule has 6 rings (SSSR count). The van der Waals surface area contributed by atoms with Gasteiger partial charge in [-0.05, 0) is 56.4 Å². The Kier molecular flexibility index (Phi) is 7.22. The van der Waals surface area contributed by atoms with Crippen molar-refractivity contribution in [3.8, 4) is 0 Å². The first-order valence-corrected chi connectivity index (χ1v) is 14.9. The van der Waals surface area contributed by atoms with Crippen molar-refractivity contribution in [3.63, 3.8) is 0 Å². The minimum absolute atomic E-state index is 0.0369. The van der Waals surface area contributed by atoms with E-state index in [-0.39, 0.29) is 38.2 Å². The Morgan fingerprint density at radius 3 is 2.41 bits per heavy atom. The van der Waals surface area contributed by atoms with E-state index in [1.807, 2.05) is 6.92 Å². The largest absolute Gasteiger partial charge is 0.458 e. The molecule has 4 aliphatic carbocycles. The summed E-state index contributed by atoms with van der Waals surface area (Å²) >= 11 is 0. The number of hydrogen-bond acceptors (Lipinski definition) is 12. The Balaban J connectivity index is 1.28. The number of carbonyl (C=O) groups is 1. The van der Waals surface area contributed by atoms with Gasteiger partial charge in [0.2, 0.25) is 0 Å². The van der Waals surface area contributed by atoms with Crippen LogP contribution >= 0.6 is 0 Å². The number of cyclic esters (lactones) is 1. The molecule has 0 radical (unpaired) electrons. The van der Waals surface area contributed by atoms with Gasteiger partial charge in [0.05, 0.1) is 47.6 Å². The van der Waals surface area contributed by atoms with Gasteiger partial charge in [0.1, 0.15) is 24.9 Å². The Morgan fingerprint density at radius 1 is 1.02 bits per heavy atom. The SMILES string of the molecule is C[C@@H]1OC(O[C@H]2C[C@@H](O)[C@]3(CO)[C@H]4[C@H](O)C[C@]5(C)[C@@H](C6=CC(=O)OC6)CC[C@]5(O)[C@@H]4CC[C@]3(O)C2)[C@H](O)[C@@H](O)[C@H]1O. The lowest BCUT2D eigenvalue weighted by Crippen LogP contribution is -2.76. The molecule has 0 aromatic carbocycles. The summed E-state index contributed by atoms with van der Waals surface area (Å²) in [4.78, 5) is 11.8. The zero-order chi connectivity index (χ0) is 29.7. The third-order valence-electron chi connectivity index (χ3n) is 12.2. The second kappa shape index (κ2) is 9.91. The quantitative estimate of drug-likeness (QED) is 0.140. The van der Waals surface area contributed by atoms with E-state index < -0.39 is 95.5 Å². The third-order valence-corrected chi connectivity index (χ3v) is 12.2. The van der Waals surface area contributed by atoms with E-state index >= 15 is 0 Å². The molecule has 6 aliphatic rings. The molecule has 0 aromatic heterocycles. The van der Waals surface area contributed by atoms with Gasteiger partial charge < -0.3 is 55.1 Å². The second-order valence-corrected chi connectivity index (χ2v) is 13.8. The zero-order valence-corrected chi connectivity index (χ0v) is 23.5. The van der Waals surface area contributed by atoms with Crippen LogP contribution < -0.4 is 0 Å². The highest BCUT2D eigenvalue weighted by Gasteiger charge is 2.75. The first-order valence-electron chi connectivity index (χ1n) is 14.9. The summed E-state index contributed by atoms with van der Waals surface area (Å²) in [7, 11) is 0. The molecule has 2 heterocycles. The van der Waals surface area contributed by atoms with Gasteiger partial charge >= 0.3 is 5.97 Å². The summed E-state index contributed by atoms with van der Waals surface area (Å²) in [6.45, 7) is 3.00. The molecule has 4 saturated carbocycles. The summed E-state index contributed by atoms with van der Waals surface area (Å²) in [5, 5.41) is 89.6. The molecular weight excluding hydrogens is 540 g/mol. The monoisotopic (exact) mass is 584 g/mol. The Bertz CT molecular complexity index is 1080. The van der Waals surface area contributed by atoms with Crippen LogP contribution in [-0.4, -0.2) is 120 Å². The molecule has 1 saturated heterocycles. The maximum Gasteiger partial charge on any atom is 0.331 e. The van der Waals surface area contributed by atoms with Crippen molar-refractivity contribution in [2.75, 3.05) is 13.2 Å². The molecule has 2 aliphatic heterocycles. The zero-order valence-electron chi connectivity index (χ0n) is 23.5. The van der Waals surface area contributed by atoms with E-state index in [1.165, 1.54) is 13.0 Å². The van der Waals surface area contributed by atoms with E-state index in [0.717, 1.165) is 5.57 Å². The summed E-state index contributed by atoms with van der Waals surface area (Å²) in [6.07, 6.45) is -6.68. The van der Waals surface area contributed by atoms with Crippen LogP contribution in [0.25, 0.3) is 0 Å². The highest BCUT2D eigenvalue weighted by Crippen LogP contribution is 2.70. The van der Waals surface area contributed by atoms with Crippen molar-refractivity contribution in [1.29, 1.82) is 0 Å². The fraction of sp³-hybridized carbons (Fsp3) is 0.897. The summed E-state index contributed by atoms with van der Waals surface area (Å²) < 4.78 is 16.7. The maximum absolute atomic E-state index is 12.4. The minimum Gasteiger partial charge on any atom is -0.458 e. The van der Waals surface area contributed by atoms with E-state index in [9.17, 15) is 45.6 Å². The average Bonchev–Trinajstić information content (AvgIpc) is 3.45. The van der Waals surface area contributed by atoms with Gasteiger partial charge in [-0.25, -0.2) is 4.79 Å². The van der Waals surface area contributed by atoms with Gasteiger partial charge in [-0.2, -0.15) is 0 Å². The normalized spacial score (nSPS) is 56.9. The molecule has 0 aromatic rings. The molecule has 5 fully saturated rings. The highest BCUT2D eigenvalue weighted by atomic mass is 16.7. The van der Waals surface area contributed by atoms with Crippen molar-refractivity contribution < 1.29 is 59.9 Å². The van der Waals surface area contributed by atoms with Crippen molar-refractivity contribution in [2.45, 2.75) is 119 Å². The maximum atomic E-state index is 12.4. The number of rotatable bonds is 4. The lowest BCUT2D eigenvalue weighted by atomic mass is 9.40. The second-order valence-electron chi connectivity index (χ2n) is 13.8. The molecular formula is C29H44O12. The van der Waals surface area contributed by atoms with Crippen molar-refractivity contribution in [3.05, 3.63) is 11.6 Å². The molecule has 0 amide bonds. The lowest BCUT2D eigenvalue weighted by Gasteiger charge is -2.68. The minimum atomic E-state index is -1.67. The molecule has 1 unspecified atom stereocenters. The van der Waals surface area contributed by atoms with Crippen LogP contribution in [0.15, 0.2) is 11.6 Å². The summed E-state index contributed by atoms with van der Waals surface area (Å²) in [6, 6.07) is 0. The summed E-state index contributed by atoms with van der Waals surface area (Å²) in [5.41, 5.74) is -4.46. The molecule has 232 valence electrons. The average molecular weight is 585 g/mol. The predicted octanol–water partition coefficient (Wildman–Crippen LogP) is -1.51. The van der Waals surface area contributed by atoms with Crippen LogP contribution in [0.1, 0.15) is 58.8 Å². The van der Waals surface area contributed by atoms with Gasteiger partial charge in [0.25, 0.3) is 0 Å². The molecule has 41 heavy (non-hydrogen) atoms.